The lowest BCUT2D eigenvalue weighted by Gasteiger charge is -2.10. The van der Waals surface area contributed by atoms with E-state index in [2.05, 4.69) is 19.7 Å². The van der Waals surface area contributed by atoms with Gasteiger partial charge >= 0.3 is 0 Å². The lowest BCUT2D eigenvalue weighted by atomic mass is 10.1. The molecule has 0 aliphatic carbocycles. The van der Waals surface area contributed by atoms with Crippen molar-refractivity contribution in [2.24, 2.45) is 0 Å². The van der Waals surface area contributed by atoms with Crippen LogP contribution in [0.3, 0.4) is 0 Å². The first-order chi connectivity index (χ1) is 16.0. The van der Waals surface area contributed by atoms with Crippen molar-refractivity contribution in [3.05, 3.63) is 82.4 Å². The summed E-state index contributed by atoms with van der Waals surface area (Å²) in [4.78, 5) is 17.1. The molecule has 3 heterocycles. The number of hydrogen-bond donors (Lipinski definition) is 0. The zero-order valence-electron chi connectivity index (χ0n) is 19.0. The third-order valence-electron chi connectivity index (χ3n) is 5.72. The van der Waals surface area contributed by atoms with Crippen molar-refractivity contribution in [1.82, 2.24) is 24.3 Å². The molecule has 1 aromatic carbocycles. The fourth-order valence-electron chi connectivity index (χ4n) is 3.92. The van der Waals surface area contributed by atoms with E-state index in [1.807, 2.05) is 67.8 Å². The van der Waals surface area contributed by atoms with Gasteiger partial charge in [-0.25, -0.2) is 0 Å². The molecule has 0 unspecified atom stereocenters. The normalized spacial score (nSPS) is 11.2. The average molecular weight is 480 g/mol. The molecule has 0 atom stereocenters. The van der Waals surface area contributed by atoms with Crippen LogP contribution in [-0.4, -0.2) is 35.9 Å². The highest BCUT2D eigenvalue weighted by Gasteiger charge is 2.19. The molecule has 8 heteroatoms. The van der Waals surface area contributed by atoms with Crippen LogP contribution < -0.4 is 0 Å². The van der Waals surface area contributed by atoms with Crippen molar-refractivity contribution in [1.29, 1.82) is 0 Å². The highest BCUT2D eigenvalue weighted by atomic mass is 35.5. The van der Waals surface area contributed by atoms with Crippen LogP contribution in [0.5, 0.6) is 0 Å². The van der Waals surface area contributed by atoms with E-state index in [9.17, 15) is 4.79 Å². The summed E-state index contributed by atoms with van der Waals surface area (Å²) in [5, 5.41) is 10.2. The van der Waals surface area contributed by atoms with E-state index < -0.39 is 0 Å². The van der Waals surface area contributed by atoms with E-state index in [0.717, 1.165) is 58.0 Å². The third-order valence-corrected chi connectivity index (χ3v) is 6.93. The number of Topliss-reactive ketones (excluding diaryl/α,β-unsaturated/α-hetero) is 1. The molecule has 33 heavy (non-hydrogen) atoms. The van der Waals surface area contributed by atoms with Gasteiger partial charge in [0, 0.05) is 53.0 Å². The minimum atomic E-state index is 0.0990. The minimum absolute atomic E-state index is 0.0990. The molecule has 0 radical (unpaired) electrons. The van der Waals surface area contributed by atoms with Crippen molar-refractivity contribution in [2.45, 2.75) is 45.4 Å². The number of hydrogen-bond acceptors (Lipinski definition) is 5. The van der Waals surface area contributed by atoms with E-state index in [1.165, 1.54) is 17.3 Å². The Morgan fingerprint density at radius 3 is 2.45 bits per heavy atom. The fourth-order valence-corrected chi connectivity index (χ4v) is 4.93. The van der Waals surface area contributed by atoms with E-state index >= 15 is 0 Å². The zero-order chi connectivity index (χ0) is 23.4. The molecule has 0 aliphatic heterocycles. The highest BCUT2D eigenvalue weighted by molar-refractivity contribution is 7.99. The highest BCUT2D eigenvalue weighted by Crippen LogP contribution is 2.25. The molecule has 0 amide bonds. The van der Waals surface area contributed by atoms with Gasteiger partial charge in [-0.1, -0.05) is 35.5 Å². The second-order valence-corrected chi connectivity index (χ2v) is 9.19. The van der Waals surface area contributed by atoms with Crippen LogP contribution in [0.4, 0.5) is 0 Å². The number of pyridine rings is 1. The molecule has 0 saturated carbocycles. The maximum Gasteiger partial charge on any atom is 0.191 e. The topological polar surface area (TPSA) is 65.6 Å². The van der Waals surface area contributed by atoms with Gasteiger partial charge < -0.3 is 9.13 Å². The summed E-state index contributed by atoms with van der Waals surface area (Å²) in [6.45, 7) is 7.66. The van der Waals surface area contributed by atoms with Gasteiger partial charge in [0.15, 0.2) is 16.8 Å². The molecule has 3 aromatic heterocycles. The monoisotopic (exact) mass is 479 g/mol. The summed E-state index contributed by atoms with van der Waals surface area (Å²) < 4.78 is 4.24. The second-order valence-electron chi connectivity index (χ2n) is 7.81. The number of aromatic nitrogens is 5. The van der Waals surface area contributed by atoms with Gasteiger partial charge in [-0.15, -0.1) is 10.2 Å². The predicted molar refractivity (Wildman–Crippen MR) is 133 cm³/mol. The number of thioether (sulfide) groups is 1. The van der Waals surface area contributed by atoms with Crippen LogP contribution in [0.1, 0.15) is 34.2 Å². The Kier molecular flexibility index (Phi) is 7.30. The molecule has 170 valence electrons. The van der Waals surface area contributed by atoms with Gasteiger partial charge in [-0.05, 0) is 63.1 Å². The molecule has 4 rings (SSSR count). The molecular weight excluding hydrogens is 454 g/mol. The summed E-state index contributed by atoms with van der Waals surface area (Å²) in [6.07, 6.45) is 4.36. The van der Waals surface area contributed by atoms with Gasteiger partial charge in [0.25, 0.3) is 0 Å². The minimum Gasteiger partial charge on any atom is -0.348 e. The van der Waals surface area contributed by atoms with Gasteiger partial charge in [0.1, 0.15) is 0 Å². The lowest BCUT2D eigenvalue weighted by Crippen LogP contribution is -2.09. The van der Waals surface area contributed by atoms with E-state index in [-0.39, 0.29) is 5.78 Å². The average Bonchev–Trinajstić information content (AvgIpc) is 3.37. The molecule has 0 bridgehead atoms. The number of ketones is 1. The summed E-state index contributed by atoms with van der Waals surface area (Å²) in [5.74, 6) is 1.20. The summed E-state index contributed by atoms with van der Waals surface area (Å²) in [5.41, 5.74) is 5.04. The van der Waals surface area contributed by atoms with Crippen LogP contribution in [0, 0.1) is 13.8 Å². The number of nitrogens with zero attached hydrogens (tertiary/aromatic N) is 5. The van der Waals surface area contributed by atoms with Crippen molar-refractivity contribution >= 4 is 29.1 Å². The Morgan fingerprint density at radius 2 is 1.76 bits per heavy atom. The van der Waals surface area contributed by atoms with E-state index in [0.29, 0.717) is 5.75 Å². The Labute approximate surface area is 203 Å². The Morgan fingerprint density at radius 1 is 1.03 bits per heavy atom. The fraction of sp³-hybridized carbons (Fsp3) is 0.280. The van der Waals surface area contributed by atoms with Crippen LogP contribution in [0.25, 0.3) is 11.4 Å². The smallest absolute Gasteiger partial charge is 0.191 e. The van der Waals surface area contributed by atoms with Crippen molar-refractivity contribution in [3.63, 3.8) is 0 Å². The first kappa shape index (κ1) is 23.3. The van der Waals surface area contributed by atoms with Crippen LogP contribution in [0.2, 0.25) is 5.02 Å². The first-order valence-electron chi connectivity index (χ1n) is 10.9. The van der Waals surface area contributed by atoms with Crippen LogP contribution in [-0.2, 0) is 19.5 Å². The zero-order valence-corrected chi connectivity index (χ0v) is 20.5. The lowest BCUT2D eigenvalue weighted by molar-refractivity contribution is 0.102. The van der Waals surface area contributed by atoms with Gasteiger partial charge in [-0.2, -0.15) is 0 Å². The summed E-state index contributed by atoms with van der Waals surface area (Å²) in [6, 6.07) is 13.7. The SMILES string of the molecule is CCn1c(SCC(=O)c2cc(C)n(CCc3ccc(Cl)cc3)c2C)nnc1-c1ccncc1. The third kappa shape index (κ3) is 5.20. The quantitative estimate of drug-likeness (QED) is 0.229. The number of carbonyl (C=O) groups is 1. The molecule has 4 aromatic rings. The summed E-state index contributed by atoms with van der Waals surface area (Å²) in [7, 11) is 0. The van der Waals surface area contributed by atoms with Crippen LogP contribution >= 0.6 is 23.4 Å². The molecular formula is C25H26ClN5OS. The van der Waals surface area contributed by atoms with Gasteiger partial charge in [0.2, 0.25) is 0 Å². The molecule has 0 aliphatic rings. The number of rotatable bonds is 9. The molecule has 0 N–H and O–H groups in total. The number of halogens is 1. The molecule has 0 spiro atoms. The van der Waals surface area contributed by atoms with Crippen molar-refractivity contribution in [2.75, 3.05) is 5.75 Å². The largest absolute Gasteiger partial charge is 0.348 e. The molecule has 0 fully saturated rings. The predicted octanol–water partition coefficient (Wildman–Crippen LogP) is 5.65. The van der Waals surface area contributed by atoms with Gasteiger partial charge in [-0.3, -0.25) is 9.78 Å². The Bertz CT molecular complexity index is 1250. The number of benzene rings is 1. The van der Waals surface area contributed by atoms with Crippen LogP contribution in [0.15, 0.2) is 60.0 Å². The van der Waals surface area contributed by atoms with E-state index in [1.54, 1.807) is 12.4 Å². The maximum absolute atomic E-state index is 13.1. The van der Waals surface area contributed by atoms with Crippen molar-refractivity contribution in [3.8, 4) is 11.4 Å². The van der Waals surface area contributed by atoms with Gasteiger partial charge in [0.05, 0.1) is 5.75 Å². The van der Waals surface area contributed by atoms with E-state index in [4.69, 9.17) is 11.6 Å². The molecule has 6 nitrogen and oxygen atoms in total. The standard InChI is InChI=1S/C25H26ClN5OS/c1-4-30-24(20-9-12-27-13-10-20)28-29-25(30)33-16-23(32)22-15-17(2)31(18(22)3)14-11-19-5-7-21(26)8-6-19/h5-10,12-13,15H,4,11,14,16H2,1-3H3. The Balaban J connectivity index is 1.44. The second kappa shape index (κ2) is 10.4. The number of carbonyl (C=O) groups excluding carboxylic acids is 1. The van der Waals surface area contributed by atoms with Crippen molar-refractivity contribution < 1.29 is 4.79 Å². The first-order valence-corrected chi connectivity index (χ1v) is 12.2. The number of aryl methyl sites for hydroxylation is 2. The molecule has 0 saturated heterocycles. The maximum atomic E-state index is 13.1. The Hall–Kier alpha value is -2.90. The summed E-state index contributed by atoms with van der Waals surface area (Å²) >= 11 is 7.41.